The third-order valence-electron chi connectivity index (χ3n) is 1.79. The van der Waals surface area contributed by atoms with Crippen LogP contribution in [0.1, 0.15) is 20.8 Å². The lowest BCUT2D eigenvalue weighted by atomic mass is 10.4. The molecule has 0 saturated carbocycles. The number of hydrogen-bond acceptors (Lipinski definition) is 2. The van der Waals surface area contributed by atoms with Crippen LogP contribution >= 0.6 is 0 Å². The van der Waals surface area contributed by atoms with Crippen molar-refractivity contribution in [3.05, 3.63) is 17.1 Å². The topological polar surface area (TPSA) is 49.1 Å². The van der Waals surface area contributed by atoms with Crippen LogP contribution in [0.15, 0.2) is 11.9 Å². The minimum atomic E-state index is -0.392. The fourth-order valence-electron chi connectivity index (χ4n) is 0.824. The summed E-state index contributed by atoms with van der Waals surface area (Å²) in [4.78, 5) is 0. The molecule has 0 spiro atoms. The Morgan fingerprint density at radius 1 is 1.50 bits per heavy atom. The highest BCUT2D eigenvalue weighted by Gasteiger charge is 2.13. The molecule has 3 heteroatoms. The van der Waals surface area contributed by atoms with Gasteiger partial charge in [-0.25, -0.2) is 0 Å². The van der Waals surface area contributed by atoms with Gasteiger partial charge < -0.3 is 15.6 Å². The van der Waals surface area contributed by atoms with Crippen LogP contribution in [0.3, 0.4) is 0 Å². The quantitative estimate of drug-likeness (QED) is 0.477. The Bertz CT molecular complexity index is 128. The fraction of sp³-hybridized carbons (Fsp3) is 0.714. The van der Waals surface area contributed by atoms with Gasteiger partial charge in [0.1, 0.15) is 0 Å². The van der Waals surface area contributed by atoms with Crippen molar-refractivity contribution in [3.8, 4) is 0 Å². The highest BCUT2D eigenvalue weighted by Crippen LogP contribution is 2.09. The van der Waals surface area contributed by atoms with E-state index in [0.717, 1.165) is 0 Å². The molecular weight excluding hydrogens is 128 g/mol. The molecular formula is C7H16N2O. The molecule has 0 unspecified atom stereocenters. The van der Waals surface area contributed by atoms with E-state index >= 15 is 0 Å². The summed E-state index contributed by atoms with van der Waals surface area (Å²) in [6.45, 7) is 6.48. The normalized spacial score (nSPS) is 13.8. The maximum atomic E-state index is 11.5. The minimum Gasteiger partial charge on any atom is -0.626 e. The molecule has 0 atom stereocenters. The average molecular weight is 144 g/mol. The van der Waals surface area contributed by atoms with Crippen LogP contribution in [0.4, 0.5) is 0 Å². The van der Waals surface area contributed by atoms with Gasteiger partial charge in [-0.1, -0.05) is 0 Å². The van der Waals surface area contributed by atoms with Gasteiger partial charge in [-0.15, -0.1) is 0 Å². The van der Waals surface area contributed by atoms with Gasteiger partial charge in [-0.05, 0) is 26.8 Å². The van der Waals surface area contributed by atoms with E-state index in [2.05, 4.69) is 0 Å². The molecule has 3 nitrogen and oxygen atoms in total. The Balaban J connectivity index is 4.32. The fourth-order valence-corrected chi connectivity index (χ4v) is 0.824. The van der Waals surface area contributed by atoms with Crippen molar-refractivity contribution in [2.75, 3.05) is 13.1 Å². The predicted octanol–water partition coefficient (Wildman–Crippen LogP) is 1.16. The first-order valence-corrected chi connectivity index (χ1v) is 3.61. The Hall–Kier alpha value is -0.540. The molecule has 0 saturated heterocycles. The molecule has 0 aliphatic carbocycles. The first-order chi connectivity index (χ1) is 4.60. The van der Waals surface area contributed by atoms with Gasteiger partial charge >= 0.3 is 0 Å². The molecule has 0 aromatic heterocycles. The predicted molar refractivity (Wildman–Crippen MR) is 42.7 cm³/mol. The highest BCUT2D eigenvalue weighted by molar-refractivity contribution is 4.84. The number of allylic oxidation sites excluding steroid dienone is 1. The molecule has 0 aromatic carbocycles. The number of rotatable bonds is 3. The van der Waals surface area contributed by atoms with Crippen molar-refractivity contribution in [2.45, 2.75) is 20.8 Å². The van der Waals surface area contributed by atoms with Gasteiger partial charge in [0, 0.05) is 0 Å². The van der Waals surface area contributed by atoms with E-state index in [1.807, 2.05) is 13.8 Å². The van der Waals surface area contributed by atoms with Gasteiger partial charge in [0.15, 0.2) is 5.82 Å². The number of quaternary nitrogens is 1. The highest BCUT2D eigenvalue weighted by atomic mass is 16.5. The van der Waals surface area contributed by atoms with Crippen molar-refractivity contribution in [1.82, 2.24) is 0 Å². The standard InChI is InChI=1S/C7H16N2O/c1-4-7(8)9(10,5-2)6-3/h4H,5-6,8H2,1-3H3. The van der Waals surface area contributed by atoms with Crippen LogP contribution in [0.2, 0.25) is 0 Å². The van der Waals surface area contributed by atoms with Gasteiger partial charge in [-0.3, -0.25) is 0 Å². The van der Waals surface area contributed by atoms with Gasteiger partial charge in [-0.2, -0.15) is 0 Å². The van der Waals surface area contributed by atoms with Crippen molar-refractivity contribution >= 4 is 0 Å². The third kappa shape index (κ3) is 1.72. The largest absolute Gasteiger partial charge is 0.626 e. The summed E-state index contributed by atoms with van der Waals surface area (Å²) in [6.07, 6.45) is 1.67. The summed E-state index contributed by atoms with van der Waals surface area (Å²) in [5, 5.41) is 11.5. The zero-order valence-corrected chi connectivity index (χ0v) is 6.92. The van der Waals surface area contributed by atoms with Gasteiger partial charge in [0.05, 0.1) is 13.1 Å². The van der Waals surface area contributed by atoms with Crippen molar-refractivity contribution in [3.63, 3.8) is 0 Å². The maximum absolute atomic E-state index is 11.5. The van der Waals surface area contributed by atoms with E-state index in [9.17, 15) is 5.21 Å². The van der Waals surface area contributed by atoms with E-state index in [4.69, 9.17) is 5.73 Å². The SMILES string of the molecule is CC=C(N)[N+]([O-])(CC)CC. The Morgan fingerprint density at radius 2 is 1.90 bits per heavy atom. The minimum absolute atomic E-state index is 0.392. The number of nitrogens with two attached hydrogens (primary N) is 1. The zero-order chi connectivity index (χ0) is 8.20. The number of hydrogen-bond donors (Lipinski definition) is 1. The molecule has 10 heavy (non-hydrogen) atoms. The molecule has 0 radical (unpaired) electrons. The van der Waals surface area contributed by atoms with Gasteiger partial charge in [0.25, 0.3) is 0 Å². The Labute approximate surface area is 62.3 Å². The van der Waals surface area contributed by atoms with Crippen molar-refractivity contribution in [2.24, 2.45) is 5.73 Å². The van der Waals surface area contributed by atoms with Crippen LogP contribution in [0, 0.1) is 5.21 Å². The first-order valence-electron chi connectivity index (χ1n) is 3.61. The number of nitrogens with zero attached hydrogens (tertiary/aromatic N) is 1. The molecule has 0 fully saturated rings. The average Bonchev–Trinajstić information content (AvgIpc) is 2.01. The lowest BCUT2D eigenvalue weighted by Gasteiger charge is -2.39. The van der Waals surface area contributed by atoms with E-state index in [1.165, 1.54) is 0 Å². The summed E-state index contributed by atoms with van der Waals surface area (Å²) in [7, 11) is 0. The molecule has 0 bridgehead atoms. The Kier molecular flexibility index (Phi) is 3.39. The summed E-state index contributed by atoms with van der Waals surface area (Å²) in [5.41, 5.74) is 5.49. The summed E-state index contributed by atoms with van der Waals surface area (Å²) >= 11 is 0. The Morgan fingerprint density at radius 3 is 2.00 bits per heavy atom. The second kappa shape index (κ2) is 3.58. The first kappa shape index (κ1) is 9.46. The van der Waals surface area contributed by atoms with Crippen LogP contribution in [0.25, 0.3) is 0 Å². The van der Waals surface area contributed by atoms with Crippen LogP contribution < -0.4 is 5.73 Å². The molecule has 0 amide bonds. The second-order valence-corrected chi connectivity index (χ2v) is 2.24. The van der Waals surface area contributed by atoms with E-state index in [0.29, 0.717) is 18.9 Å². The van der Waals surface area contributed by atoms with Crippen LogP contribution in [-0.4, -0.2) is 17.7 Å². The summed E-state index contributed by atoms with van der Waals surface area (Å²) < 4.78 is -0.392. The summed E-state index contributed by atoms with van der Waals surface area (Å²) in [5.74, 6) is 0.407. The molecule has 0 aliphatic heterocycles. The smallest absolute Gasteiger partial charge is 0.194 e. The lowest BCUT2D eigenvalue weighted by molar-refractivity contribution is -0.840. The van der Waals surface area contributed by atoms with E-state index in [-0.39, 0.29) is 0 Å². The molecule has 0 rings (SSSR count). The molecule has 2 N–H and O–H groups in total. The van der Waals surface area contributed by atoms with Gasteiger partial charge in [0.2, 0.25) is 0 Å². The van der Waals surface area contributed by atoms with Crippen molar-refractivity contribution in [1.29, 1.82) is 0 Å². The van der Waals surface area contributed by atoms with Crippen molar-refractivity contribution < 1.29 is 4.65 Å². The second-order valence-electron chi connectivity index (χ2n) is 2.24. The van der Waals surface area contributed by atoms with Crippen LogP contribution in [-0.2, 0) is 0 Å². The summed E-state index contributed by atoms with van der Waals surface area (Å²) in [6, 6.07) is 0. The maximum Gasteiger partial charge on any atom is 0.194 e. The molecule has 0 heterocycles. The van der Waals surface area contributed by atoms with E-state index in [1.54, 1.807) is 13.0 Å². The molecule has 0 aliphatic rings. The number of hydroxylamine groups is 3. The third-order valence-corrected chi connectivity index (χ3v) is 1.79. The van der Waals surface area contributed by atoms with Crippen LogP contribution in [0.5, 0.6) is 0 Å². The zero-order valence-electron chi connectivity index (χ0n) is 6.92. The lowest BCUT2D eigenvalue weighted by Crippen LogP contribution is -2.43. The monoisotopic (exact) mass is 144 g/mol. The molecule has 0 aromatic rings. The van der Waals surface area contributed by atoms with E-state index < -0.39 is 4.65 Å². The molecule has 60 valence electrons.